The number of rotatable bonds is 6. The molecular formula is C17H31IN4. The Morgan fingerprint density at radius 1 is 1.41 bits per heavy atom. The minimum atomic E-state index is 0. The van der Waals surface area contributed by atoms with Gasteiger partial charge in [-0.2, -0.15) is 0 Å². The molecule has 1 N–H and O–H groups in total. The SMILES string of the molecule is CN=C(NCCCC1CCCC1)N(C)Cc1cccn1C.I. The van der Waals surface area contributed by atoms with Crippen LogP contribution in [0.2, 0.25) is 0 Å². The summed E-state index contributed by atoms with van der Waals surface area (Å²) in [4.78, 5) is 6.58. The Bertz CT molecular complexity index is 449. The Morgan fingerprint density at radius 3 is 2.73 bits per heavy atom. The fourth-order valence-electron chi connectivity index (χ4n) is 3.25. The molecule has 5 heteroatoms. The Kier molecular flexibility index (Phi) is 8.90. The van der Waals surface area contributed by atoms with Gasteiger partial charge in [-0.15, -0.1) is 24.0 Å². The Morgan fingerprint density at radius 2 is 2.14 bits per heavy atom. The molecule has 0 bridgehead atoms. The van der Waals surface area contributed by atoms with Crippen LogP contribution in [0.15, 0.2) is 23.3 Å². The maximum Gasteiger partial charge on any atom is 0.193 e. The Labute approximate surface area is 152 Å². The molecule has 0 aromatic carbocycles. The molecule has 1 aromatic rings. The first-order valence-corrected chi connectivity index (χ1v) is 8.22. The predicted octanol–water partition coefficient (Wildman–Crippen LogP) is 3.62. The summed E-state index contributed by atoms with van der Waals surface area (Å²) in [6.45, 7) is 1.91. The maximum absolute atomic E-state index is 4.39. The minimum Gasteiger partial charge on any atom is -0.356 e. The lowest BCUT2D eigenvalue weighted by molar-refractivity contribution is 0.449. The van der Waals surface area contributed by atoms with Crippen LogP contribution in [0.1, 0.15) is 44.2 Å². The lowest BCUT2D eigenvalue weighted by atomic mass is 10.0. The van der Waals surface area contributed by atoms with Crippen molar-refractivity contribution in [2.75, 3.05) is 20.6 Å². The number of hydrogen-bond donors (Lipinski definition) is 1. The highest BCUT2D eigenvalue weighted by Gasteiger charge is 2.14. The number of aliphatic imine (C=N–C) groups is 1. The van der Waals surface area contributed by atoms with Crippen LogP contribution in [0.4, 0.5) is 0 Å². The van der Waals surface area contributed by atoms with Crippen molar-refractivity contribution < 1.29 is 0 Å². The third-order valence-corrected chi connectivity index (χ3v) is 4.57. The van der Waals surface area contributed by atoms with E-state index in [2.05, 4.69) is 52.2 Å². The second-order valence-electron chi connectivity index (χ2n) is 6.23. The molecule has 0 atom stereocenters. The van der Waals surface area contributed by atoms with E-state index in [4.69, 9.17) is 0 Å². The molecule has 1 aliphatic carbocycles. The molecule has 2 rings (SSSR count). The van der Waals surface area contributed by atoms with Crippen LogP contribution in [0.25, 0.3) is 0 Å². The third kappa shape index (κ3) is 5.82. The van der Waals surface area contributed by atoms with Gasteiger partial charge in [0, 0.05) is 39.6 Å². The number of nitrogens with one attached hydrogen (secondary N) is 1. The third-order valence-electron chi connectivity index (χ3n) is 4.57. The second kappa shape index (κ2) is 10.1. The molecule has 0 radical (unpaired) electrons. The Hall–Kier alpha value is -0.720. The number of nitrogens with zero attached hydrogens (tertiary/aromatic N) is 3. The molecule has 1 aliphatic rings. The van der Waals surface area contributed by atoms with Crippen molar-refractivity contribution in [2.24, 2.45) is 18.0 Å². The van der Waals surface area contributed by atoms with Crippen molar-refractivity contribution >= 4 is 29.9 Å². The first kappa shape index (κ1) is 19.3. The van der Waals surface area contributed by atoms with Gasteiger partial charge < -0.3 is 14.8 Å². The van der Waals surface area contributed by atoms with Crippen molar-refractivity contribution in [1.82, 2.24) is 14.8 Å². The molecule has 0 aliphatic heterocycles. The van der Waals surface area contributed by atoms with Gasteiger partial charge in [0.05, 0.1) is 6.54 Å². The molecule has 1 fully saturated rings. The highest BCUT2D eigenvalue weighted by atomic mass is 127. The molecule has 0 spiro atoms. The topological polar surface area (TPSA) is 32.6 Å². The zero-order chi connectivity index (χ0) is 15.1. The van der Waals surface area contributed by atoms with E-state index in [-0.39, 0.29) is 24.0 Å². The summed E-state index contributed by atoms with van der Waals surface area (Å²) >= 11 is 0. The quantitative estimate of drug-likeness (QED) is 0.331. The van der Waals surface area contributed by atoms with Crippen LogP contribution < -0.4 is 5.32 Å². The van der Waals surface area contributed by atoms with Crippen LogP contribution in [0.3, 0.4) is 0 Å². The molecular weight excluding hydrogens is 387 g/mol. The highest BCUT2D eigenvalue weighted by Crippen LogP contribution is 2.28. The smallest absolute Gasteiger partial charge is 0.193 e. The molecule has 126 valence electrons. The minimum absolute atomic E-state index is 0. The van der Waals surface area contributed by atoms with E-state index in [9.17, 15) is 0 Å². The summed E-state index contributed by atoms with van der Waals surface area (Å²) in [6, 6.07) is 4.24. The van der Waals surface area contributed by atoms with Gasteiger partial charge in [0.25, 0.3) is 0 Å². The van der Waals surface area contributed by atoms with E-state index in [0.29, 0.717) is 0 Å². The number of guanidine groups is 1. The average molecular weight is 418 g/mol. The molecule has 4 nitrogen and oxygen atoms in total. The number of hydrogen-bond acceptors (Lipinski definition) is 1. The summed E-state index contributed by atoms with van der Waals surface area (Å²) in [5.41, 5.74) is 1.30. The Balaban J connectivity index is 0.00000242. The molecule has 1 saturated carbocycles. The van der Waals surface area contributed by atoms with Gasteiger partial charge in [-0.3, -0.25) is 4.99 Å². The molecule has 0 unspecified atom stereocenters. The summed E-state index contributed by atoms with van der Waals surface area (Å²) in [5.74, 6) is 1.97. The molecule has 0 amide bonds. The molecule has 22 heavy (non-hydrogen) atoms. The van der Waals surface area contributed by atoms with Crippen molar-refractivity contribution in [3.05, 3.63) is 24.0 Å². The van der Waals surface area contributed by atoms with E-state index < -0.39 is 0 Å². The van der Waals surface area contributed by atoms with Gasteiger partial charge in [-0.1, -0.05) is 25.7 Å². The van der Waals surface area contributed by atoms with Crippen LogP contribution in [-0.2, 0) is 13.6 Å². The summed E-state index contributed by atoms with van der Waals surface area (Å²) in [6.07, 6.45) is 10.5. The maximum atomic E-state index is 4.39. The van der Waals surface area contributed by atoms with Crippen molar-refractivity contribution in [2.45, 2.75) is 45.1 Å². The monoisotopic (exact) mass is 418 g/mol. The fourth-order valence-corrected chi connectivity index (χ4v) is 3.25. The van der Waals surface area contributed by atoms with Crippen LogP contribution in [0, 0.1) is 5.92 Å². The first-order chi connectivity index (χ1) is 10.2. The largest absolute Gasteiger partial charge is 0.356 e. The van der Waals surface area contributed by atoms with Gasteiger partial charge >= 0.3 is 0 Å². The summed E-state index contributed by atoms with van der Waals surface area (Å²) in [5, 5.41) is 3.49. The number of aromatic nitrogens is 1. The molecule has 1 aromatic heterocycles. The van der Waals surface area contributed by atoms with E-state index in [1.165, 1.54) is 44.2 Å². The highest BCUT2D eigenvalue weighted by molar-refractivity contribution is 14.0. The second-order valence-corrected chi connectivity index (χ2v) is 6.23. The van der Waals surface area contributed by atoms with Crippen LogP contribution in [0.5, 0.6) is 0 Å². The summed E-state index contributed by atoms with van der Waals surface area (Å²) in [7, 11) is 6.04. The standard InChI is InChI=1S/C17H30N4.HI/c1-18-17(19-12-6-10-15-8-4-5-9-15)21(3)14-16-11-7-13-20(16)2;/h7,11,13,15H,4-6,8-10,12,14H2,1-3H3,(H,18,19);1H. The zero-order valence-corrected chi connectivity index (χ0v) is 16.5. The van der Waals surface area contributed by atoms with Crippen LogP contribution >= 0.6 is 24.0 Å². The molecule has 1 heterocycles. The average Bonchev–Trinajstić information content (AvgIpc) is 3.11. The van der Waals surface area contributed by atoms with E-state index in [1.54, 1.807) is 0 Å². The number of aryl methyl sites for hydroxylation is 1. The fraction of sp³-hybridized carbons (Fsp3) is 0.706. The van der Waals surface area contributed by atoms with Crippen LogP contribution in [-0.4, -0.2) is 36.1 Å². The van der Waals surface area contributed by atoms with Gasteiger partial charge in [0.2, 0.25) is 0 Å². The predicted molar refractivity (Wildman–Crippen MR) is 105 cm³/mol. The van der Waals surface area contributed by atoms with Crippen molar-refractivity contribution in [3.63, 3.8) is 0 Å². The summed E-state index contributed by atoms with van der Waals surface area (Å²) < 4.78 is 2.16. The normalized spacial score (nSPS) is 15.7. The van der Waals surface area contributed by atoms with Gasteiger partial charge in [-0.25, -0.2) is 0 Å². The van der Waals surface area contributed by atoms with Crippen molar-refractivity contribution in [3.8, 4) is 0 Å². The number of halogens is 1. The zero-order valence-electron chi connectivity index (χ0n) is 14.2. The van der Waals surface area contributed by atoms with E-state index in [0.717, 1.165) is 25.0 Å². The first-order valence-electron chi connectivity index (χ1n) is 8.22. The van der Waals surface area contributed by atoms with Gasteiger partial charge in [0.1, 0.15) is 0 Å². The lowest BCUT2D eigenvalue weighted by Gasteiger charge is -2.22. The molecule has 0 saturated heterocycles. The van der Waals surface area contributed by atoms with E-state index >= 15 is 0 Å². The van der Waals surface area contributed by atoms with E-state index in [1.807, 2.05) is 7.05 Å². The van der Waals surface area contributed by atoms with Gasteiger partial charge in [0.15, 0.2) is 5.96 Å². The van der Waals surface area contributed by atoms with Gasteiger partial charge in [-0.05, 0) is 30.9 Å². The van der Waals surface area contributed by atoms with Crippen molar-refractivity contribution in [1.29, 1.82) is 0 Å². The lowest BCUT2D eigenvalue weighted by Crippen LogP contribution is -2.39.